The molecule has 1 unspecified atom stereocenters. The first-order valence-electron chi connectivity index (χ1n) is 5.85. The third-order valence-electron chi connectivity index (χ3n) is 2.37. The van der Waals surface area contributed by atoms with Gasteiger partial charge in [-0.15, -0.1) is 12.4 Å². The Balaban J connectivity index is 0.00000289. The highest BCUT2D eigenvalue weighted by Gasteiger charge is 2.11. The molecule has 0 aromatic heterocycles. The molecule has 0 aliphatic rings. The van der Waals surface area contributed by atoms with Crippen LogP contribution in [0.2, 0.25) is 0 Å². The predicted octanol–water partition coefficient (Wildman–Crippen LogP) is 2.30. The van der Waals surface area contributed by atoms with Crippen molar-refractivity contribution in [2.24, 2.45) is 5.92 Å². The molecule has 1 aromatic rings. The summed E-state index contributed by atoms with van der Waals surface area (Å²) in [5.74, 6) is 0.718. The smallest absolute Gasteiger partial charge is 0.228 e. The maximum atomic E-state index is 11.8. The molecule has 1 aromatic carbocycles. The lowest BCUT2D eigenvalue weighted by molar-refractivity contribution is -0.119. The van der Waals surface area contributed by atoms with Gasteiger partial charge in [-0.1, -0.05) is 13.0 Å². The first-order valence-corrected chi connectivity index (χ1v) is 5.85. The van der Waals surface area contributed by atoms with Gasteiger partial charge in [0.05, 0.1) is 6.61 Å². The number of halogens is 1. The first kappa shape index (κ1) is 16.7. The van der Waals surface area contributed by atoms with Crippen molar-refractivity contribution in [2.75, 3.05) is 25.5 Å². The Kier molecular flexibility index (Phi) is 8.16. The number of ether oxygens (including phenoxy) is 1. The highest BCUT2D eigenvalue weighted by molar-refractivity contribution is 5.92. The molecule has 0 aliphatic carbocycles. The zero-order valence-corrected chi connectivity index (χ0v) is 11.8. The maximum absolute atomic E-state index is 11.8. The van der Waals surface area contributed by atoms with Crippen molar-refractivity contribution < 1.29 is 9.53 Å². The van der Waals surface area contributed by atoms with Crippen molar-refractivity contribution in [3.63, 3.8) is 0 Å². The minimum absolute atomic E-state index is 0. The lowest BCUT2D eigenvalue weighted by Crippen LogP contribution is -2.28. The third-order valence-corrected chi connectivity index (χ3v) is 2.37. The molecule has 0 fully saturated rings. The van der Waals surface area contributed by atoms with Crippen LogP contribution in [0.25, 0.3) is 0 Å². The van der Waals surface area contributed by atoms with E-state index in [0.717, 1.165) is 11.4 Å². The van der Waals surface area contributed by atoms with E-state index in [1.54, 1.807) is 0 Å². The summed E-state index contributed by atoms with van der Waals surface area (Å²) in [6.07, 6.45) is 0. The average Bonchev–Trinajstić information content (AvgIpc) is 2.30. The lowest BCUT2D eigenvalue weighted by atomic mass is 10.1. The zero-order chi connectivity index (χ0) is 12.7. The summed E-state index contributed by atoms with van der Waals surface area (Å²) in [5, 5.41) is 5.85. The molecule has 102 valence electrons. The van der Waals surface area contributed by atoms with Gasteiger partial charge in [0, 0.05) is 24.2 Å². The van der Waals surface area contributed by atoms with Crippen molar-refractivity contribution in [3.05, 3.63) is 24.3 Å². The van der Waals surface area contributed by atoms with Gasteiger partial charge >= 0.3 is 0 Å². The Bertz CT molecular complexity index is 372. The maximum Gasteiger partial charge on any atom is 0.228 e. The molecular formula is C13H21ClN2O2. The van der Waals surface area contributed by atoms with Crippen LogP contribution >= 0.6 is 12.4 Å². The van der Waals surface area contributed by atoms with Gasteiger partial charge in [-0.05, 0) is 26.1 Å². The van der Waals surface area contributed by atoms with Crippen LogP contribution in [0, 0.1) is 5.92 Å². The standard InChI is InChI=1S/C13H20N2O2.ClH/c1-4-17-12-7-5-6-11(8-12)15-13(16)10(2)9-14-3;/h5-8,10,14H,4,9H2,1-3H3,(H,15,16);1H. The Morgan fingerprint density at radius 1 is 1.44 bits per heavy atom. The summed E-state index contributed by atoms with van der Waals surface area (Å²) < 4.78 is 5.37. The number of nitrogens with one attached hydrogen (secondary N) is 2. The molecule has 0 aliphatic heterocycles. The SMILES string of the molecule is CCOc1cccc(NC(=O)C(C)CNC)c1.Cl. The van der Waals surface area contributed by atoms with Crippen LogP contribution < -0.4 is 15.4 Å². The highest BCUT2D eigenvalue weighted by Crippen LogP contribution is 2.17. The number of hydrogen-bond donors (Lipinski definition) is 2. The minimum atomic E-state index is -0.0595. The number of anilines is 1. The summed E-state index contributed by atoms with van der Waals surface area (Å²) >= 11 is 0. The quantitative estimate of drug-likeness (QED) is 0.835. The number of carbonyl (C=O) groups is 1. The van der Waals surface area contributed by atoms with Crippen molar-refractivity contribution in [3.8, 4) is 5.75 Å². The Morgan fingerprint density at radius 2 is 2.17 bits per heavy atom. The molecule has 18 heavy (non-hydrogen) atoms. The van der Waals surface area contributed by atoms with Gasteiger partial charge in [-0.2, -0.15) is 0 Å². The Labute approximate surface area is 115 Å². The fraction of sp³-hybridized carbons (Fsp3) is 0.462. The number of carbonyl (C=O) groups excluding carboxylic acids is 1. The van der Waals surface area contributed by atoms with Crippen molar-refractivity contribution in [2.45, 2.75) is 13.8 Å². The van der Waals surface area contributed by atoms with Crippen LogP contribution in [0.5, 0.6) is 5.75 Å². The second-order valence-electron chi connectivity index (χ2n) is 3.91. The van der Waals surface area contributed by atoms with Gasteiger partial charge in [-0.25, -0.2) is 0 Å². The second-order valence-corrected chi connectivity index (χ2v) is 3.91. The van der Waals surface area contributed by atoms with E-state index in [9.17, 15) is 4.79 Å². The number of benzene rings is 1. The van der Waals surface area contributed by atoms with Crippen LogP contribution in [-0.2, 0) is 4.79 Å². The van der Waals surface area contributed by atoms with Gasteiger partial charge in [-0.3, -0.25) is 4.79 Å². The number of rotatable bonds is 6. The van der Waals surface area contributed by atoms with Gasteiger partial charge < -0.3 is 15.4 Å². The Morgan fingerprint density at radius 3 is 2.78 bits per heavy atom. The third kappa shape index (κ3) is 5.38. The normalized spacial score (nSPS) is 11.3. The average molecular weight is 273 g/mol. The highest BCUT2D eigenvalue weighted by atomic mass is 35.5. The van der Waals surface area contributed by atoms with Gasteiger partial charge in [0.25, 0.3) is 0 Å². The van der Waals surface area contributed by atoms with Crippen molar-refractivity contribution >= 4 is 24.0 Å². The summed E-state index contributed by atoms with van der Waals surface area (Å²) in [4.78, 5) is 11.8. The molecule has 0 saturated carbocycles. The van der Waals surface area contributed by atoms with Crippen molar-refractivity contribution in [1.29, 1.82) is 0 Å². The Hall–Kier alpha value is -1.26. The fourth-order valence-corrected chi connectivity index (χ4v) is 1.49. The molecule has 4 nitrogen and oxygen atoms in total. The van der Waals surface area contributed by atoms with Crippen LogP contribution in [-0.4, -0.2) is 26.1 Å². The topological polar surface area (TPSA) is 50.4 Å². The molecule has 0 spiro atoms. The molecule has 0 radical (unpaired) electrons. The summed E-state index contributed by atoms with van der Waals surface area (Å²) in [6.45, 7) is 5.10. The largest absolute Gasteiger partial charge is 0.494 e. The van der Waals surface area contributed by atoms with Gasteiger partial charge in [0.1, 0.15) is 5.75 Å². The molecule has 5 heteroatoms. The molecule has 2 N–H and O–H groups in total. The molecule has 1 rings (SSSR count). The van der Waals surface area contributed by atoms with E-state index in [2.05, 4.69) is 10.6 Å². The van der Waals surface area contributed by atoms with E-state index in [-0.39, 0.29) is 24.2 Å². The monoisotopic (exact) mass is 272 g/mol. The van der Waals surface area contributed by atoms with E-state index in [1.807, 2.05) is 45.2 Å². The lowest BCUT2D eigenvalue weighted by Gasteiger charge is -2.12. The van der Waals surface area contributed by atoms with Crippen LogP contribution in [0.4, 0.5) is 5.69 Å². The summed E-state index contributed by atoms with van der Waals surface area (Å²) in [7, 11) is 1.83. The molecule has 0 saturated heterocycles. The predicted molar refractivity (Wildman–Crippen MR) is 76.6 cm³/mol. The van der Waals surface area contributed by atoms with E-state index in [1.165, 1.54) is 0 Å². The van der Waals surface area contributed by atoms with Crippen LogP contribution in [0.3, 0.4) is 0 Å². The summed E-state index contributed by atoms with van der Waals surface area (Å²) in [6, 6.07) is 7.42. The second kappa shape index (κ2) is 8.78. The zero-order valence-electron chi connectivity index (χ0n) is 11.0. The van der Waals surface area contributed by atoms with E-state index in [0.29, 0.717) is 13.2 Å². The molecular weight excluding hydrogens is 252 g/mol. The minimum Gasteiger partial charge on any atom is -0.494 e. The van der Waals surface area contributed by atoms with E-state index < -0.39 is 0 Å². The molecule has 0 bridgehead atoms. The molecule has 1 amide bonds. The van der Waals surface area contributed by atoms with Crippen LogP contribution in [0.1, 0.15) is 13.8 Å². The van der Waals surface area contributed by atoms with E-state index >= 15 is 0 Å². The van der Waals surface area contributed by atoms with Gasteiger partial charge in [0.15, 0.2) is 0 Å². The van der Waals surface area contributed by atoms with Gasteiger partial charge in [0.2, 0.25) is 5.91 Å². The number of hydrogen-bond acceptors (Lipinski definition) is 3. The first-order chi connectivity index (χ1) is 8.17. The van der Waals surface area contributed by atoms with E-state index in [4.69, 9.17) is 4.74 Å². The van der Waals surface area contributed by atoms with Crippen LogP contribution in [0.15, 0.2) is 24.3 Å². The summed E-state index contributed by atoms with van der Waals surface area (Å²) in [5.41, 5.74) is 0.768. The molecule has 1 atom stereocenters. The molecule has 0 heterocycles. The fourth-order valence-electron chi connectivity index (χ4n) is 1.49. The van der Waals surface area contributed by atoms with Crippen molar-refractivity contribution in [1.82, 2.24) is 5.32 Å². The number of amides is 1.